The van der Waals surface area contributed by atoms with Crippen LogP contribution < -0.4 is 11.1 Å². The normalized spacial score (nSPS) is 12.3. The number of hydrogen-bond acceptors (Lipinski definition) is 3. The van der Waals surface area contributed by atoms with Gasteiger partial charge in [0.25, 0.3) is 0 Å². The number of carbonyl (C=O) groups excluding carboxylic acids is 1. The molecule has 0 saturated carbocycles. The Hall–Kier alpha value is -2.25. The van der Waals surface area contributed by atoms with Crippen molar-refractivity contribution < 1.29 is 23.2 Å². The Morgan fingerprint density at radius 2 is 2.06 bits per heavy atom. The standard InChI is InChI=1S/C10H10F3N3O2/c1-5(17)15-8-3-2-6(10(11,12)13)4-7(8)9(14)16-18/h2-4,18H,1H3,(H2,14,16)(H,15,17). The van der Waals surface area contributed by atoms with E-state index in [1.807, 2.05) is 0 Å². The van der Waals surface area contributed by atoms with Gasteiger partial charge >= 0.3 is 6.18 Å². The molecule has 0 radical (unpaired) electrons. The second-order valence-electron chi connectivity index (χ2n) is 3.42. The molecule has 0 aromatic heterocycles. The van der Waals surface area contributed by atoms with E-state index < -0.39 is 23.5 Å². The van der Waals surface area contributed by atoms with Crippen LogP contribution in [0.1, 0.15) is 18.1 Å². The number of oxime groups is 1. The minimum atomic E-state index is -4.56. The highest BCUT2D eigenvalue weighted by molar-refractivity contribution is 6.05. The maximum Gasteiger partial charge on any atom is 0.416 e. The van der Waals surface area contributed by atoms with Crippen molar-refractivity contribution in [2.75, 3.05) is 5.32 Å². The molecule has 0 aliphatic rings. The molecule has 0 saturated heterocycles. The van der Waals surface area contributed by atoms with Gasteiger partial charge in [-0.1, -0.05) is 5.16 Å². The van der Waals surface area contributed by atoms with E-state index in [2.05, 4.69) is 10.5 Å². The second-order valence-corrected chi connectivity index (χ2v) is 3.42. The number of anilines is 1. The van der Waals surface area contributed by atoms with Gasteiger partial charge in [-0.2, -0.15) is 13.2 Å². The number of alkyl halides is 3. The predicted octanol–water partition coefficient (Wildman–Crippen LogP) is 1.76. The topological polar surface area (TPSA) is 87.7 Å². The third-order valence-corrected chi connectivity index (χ3v) is 2.04. The molecule has 0 aliphatic carbocycles. The molecule has 1 aromatic carbocycles. The van der Waals surface area contributed by atoms with Crippen LogP contribution in [-0.2, 0) is 11.0 Å². The molecule has 0 fully saturated rings. The molecule has 0 unspecified atom stereocenters. The Balaban J connectivity index is 3.34. The number of amidine groups is 1. The molecule has 1 rings (SSSR count). The summed E-state index contributed by atoms with van der Waals surface area (Å²) in [4.78, 5) is 10.9. The molecular formula is C10H10F3N3O2. The summed E-state index contributed by atoms with van der Waals surface area (Å²) in [6, 6.07) is 2.53. The van der Waals surface area contributed by atoms with Crippen LogP contribution in [0.4, 0.5) is 18.9 Å². The Labute approximate surface area is 100 Å². The molecular weight excluding hydrogens is 251 g/mol. The minimum absolute atomic E-state index is 0.0331. The average Bonchev–Trinajstić information content (AvgIpc) is 2.26. The number of rotatable bonds is 2. The number of benzene rings is 1. The summed E-state index contributed by atoms with van der Waals surface area (Å²) in [5.41, 5.74) is 4.13. The first kappa shape index (κ1) is 13.8. The van der Waals surface area contributed by atoms with E-state index in [9.17, 15) is 18.0 Å². The van der Waals surface area contributed by atoms with Crippen LogP contribution in [0.5, 0.6) is 0 Å². The van der Waals surface area contributed by atoms with Crippen molar-refractivity contribution in [1.82, 2.24) is 0 Å². The number of nitrogens with one attached hydrogen (secondary N) is 1. The molecule has 98 valence electrons. The van der Waals surface area contributed by atoms with Gasteiger partial charge in [-0.05, 0) is 18.2 Å². The maximum absolute atomic E-state index is 12.5. The summed E-state index contributed by atoms with van der Waals surface area (Å²) in [5.74, 6) is -1.01. The first-order valence-corrected chi connectivity index (χ1v) is 4.72. The van der Waals surface area contributed by atoms with Crippen molar-refractivity contribution in [3.63, 3.8) is 0 Å². The molecule has 4 N–H and O–H groups in total. The van der Waals surface area contributed by atoms with E-state index in [4.69, 9.17) is 10.9 Å². The molecule has 0 aliphatic heterocycles. The first-order valence-electron chi connectivity index (χ1n) is 4.72. The van der Waals surface area contributed by atoms with Crippen LogP contribution in [0.25, 0.3) is 0 Å². The van der Waals surface area contributed by atoms with E-state index in [0.717, 1.165) is 12.1 Å². The number of halogens is 3. The number of carbonyl (C=O) groups is 1. The summed E-state index contributed by atoms with van der Waals surface area (Å²) >= 11 is 0. The van der Waals surface area contributed by atoms with Crippen molar-refractivity contribution >= 4 is 17.4 Å². The van der Waals surface area contributed by atoms with Crippen molar-refractivity contribution in [1.29, 1.82) is 0 Å². The summed E-state index contributed by atoms with van der Waals surface area (Å²) in [6.07, 6.45) is -4.56. The van der Waals surface area contributed by atoms with E-state index >= 15 is 0 Å². The van der Waals surface area contributed by atoms with Crippen molar-refractivity contribution in [3.05, 3.63) is 29.3 Å². The molecule has 0 atom stereocenters. The Morgan fingerprint density at radius 1 is 1.44 bits per heavy atom. The molecule has 1 aromatic rings. The largest absolute Gasteiger partial charge is 0.416 e. The minimum Gasteiger partial charge on any atom is -0.409 e. The van der Waals surface area contributed by atoms with Gasteiger partial charge in [0, 0.05) is 12.5 Å². The van der Waals surface area contributed by atoms with Gasteiger partial charge in [0.15, 0.2) is 5.84 Å². The van der Waals surface area contributed by atoms with Crippen molar-refractivity contribution in [2.24, 2.45) is 10.9 Å². The molecule has 1 amide bonds. The van der Waals surface area contributed by atoms with Gasteiger partial charge in [0.2, 0.25) is 5.91 Å². The summed E-state index contributed by atoms with van der Waals surface area (Å²) in [6.45, 7) is 1.19. The monoisotopic (exact) mass is 261 g/mol. The summed E-state index contributed by atoms with van der Waals surface area (Å²) in [7, 11) is 0. The highest BCUT2D eigenvalue weighted by atomic mass is 19.4. The fourth-order valence-electron chi connectivity index (χ4n) is 1.29. The van der Waals surface area contributed by atoms with Crippen LogP contribution in [0, 0.1) is 0 Å². The lowest BCUT2D eigenvalue weighted by molar-refractivity contribution is -0.137. The molecule has 5 nitrogen and oxygen atoms in total. The third kappa shape index (κ3) is 3.12. The van der Waals surface area contributed by atoms with Gasteiger partial charge < -0.3 is 16.3 Å². The fourth-order valence-corrected chi connectivity index (χ4v) is 1.29. The number of hydrogen-bond donors (Lipinski definition) is 3. The quantitative estimate of drug-likeness (QED) is 0.328. The lowest BCUT2D eigenvalue weighted by Gasteiger charge is -2.12. The number of nitrogens with two attached hydrogens (primary N) is 1. The lowest BCUT2D eigenvalue weighted by Crippen LogP contribution is -2.19. The van der Waals surface area contributed by atoms with Crippen LogP contribution in [-0.4, -0.2) is 17.0 Å². The SMILES string of the molecule is CC(=O)Nc1ccc(C(F)(F)F)cc1/C(N)=N/O. The highest BCUT2D eigenvalue weighted by Gasteiger charge is 2.31. The third-order valence-electron chi connectivity index (χ3n) is 2.04. The van der Waals surface area contributed by atoms with Gasteiger partial charge in [-0.3, -0.25) is 4.79 Å². The van der Waals surface area contributed by atoms with Crippen molar-refractivity contribution in [3.8, 4) is 0 Å². The molecule has 0 spiro atoms. The Kier molecular flexibility index (Phi) is 3.79. The van der Waals surface area contributed by atoms with Crippen LogP contribution in [0.2, 0.25) is 0 Å². The number of amides is 1. The maximum atomic E-state index is 12.5. The Morgan fingerprint density at radius 3 is 2.50 bits per heavy atom. The molecule has 0 bridgehead atoms. The first-order chi connectivity index (χ1) is 8.25. The summed E-state index contributed by atoms with van der Waals surface area (Å²) in [5, 5.41) is 13.4. The van der Waals surface area contributed by atoms with Crippen LogP contribution >= 0.6 is 0 Å². The molecule has 8 heteroatoms. The van der Waals surface area contributed by atoms with E-state index in [1.54, 1.807) is 0 Å². The summed E-state index contributed by atoms with van der Waals surface area (Å²) < 4.78 is 37.5. The van der Waals surface area contributed by atoms with Gasteiger partial charge in [-0.25, -0.2) is 0 Å². The average molecular weight is 261 g/mol. The van der Waals surface area contributed by atoms with E-state index in [0.29, 0.717) is 6.07 Å². The van der Waals surface area contributed by atoms with E-state index in [1.165, 1.54) is 6.92 Å². The van der Waals surface area contributed by atoms with Crippen molar-refractivity contribution in [2.45, 2.75) is 13.1 Å². The molecule has 18 heavy (non-hydrogen) atoms. The van der Waals surface area contributed by atoms with Gasteiger partial charge in [-0.15, -0.1) is 0 Å². The smallest absolute Gasteiger partial charge is 0.409 e. The zero-order chi connectivity index (χ0) is 13.9. The zero-order valence-corrected chi connectivity index (χ0v) is 9.25. The fraction of sp³-hybridized carbons (Fsp3) is 0.200. The van der Waals surface area contributed by atoms with Crippen LogP contribution in [0.15, 0.2) is 23.4 Å². The lowest BCUT2D eigenvalue weighted by atomic mass is 10.1. The van der Waals surface area contributed by atoms with Gasteiger partial charge in [0.1, 0.15) is 0 Å². The highest BCUT2D eigenvalue weighted by Crippen LogP contribution is 2.31. The Bertz CT molecular complexity index is 498. The predicted molar refractivity (Wildman–Crippen MR) is 58.3 cm³/mol. The van der Waals surface area contributed by atoms with Gasteiger partial charge in [0.05, 0.1) is 11.3 Å². The number of nitrogens with zero attached hydrogens (tertiary/aromatic N) is 1. The second kappa shape index (κ2) is 4.94. The van der Waals surface area contributed by atoms with Crippen LogP contribution in [0.3, 0.4) is 0 Å². The molecule has 0 heterocycles. The zero-order valence-electron chi connectivity index (χ0n) is 9.25. The van der Waals surface area contributed by atoms with E-state index in [-0.39, 0.29) is 11.3 Å².